The molecule has 11 aromatic rings. The van der Waals surface area contributed by atoms with Crippen molar-refractivity contribution in [1.82, 2.24) is 13.7 Å². The summed E-state index contributed by atoms with van der Waals surface area (Å²) in [5.41, 5.74) is 15.9. The van der Waals surface area contributed by atoms with Crippen LogP contribution >= 0.6 is 0 Å². The van der Waals surface area contributed by atoms with E-state index in [1.165, 1.54) is 99.0 Å². The van der Waals surface area contributed by atoms with Crippen LogP contribution in [0.3, 0.4) is 0 Å². The highest BCUT2D eigenvalue weighted by Gasteiger charge is 2.36. The summed E-state index contributed by atoms with van der Waals surface area (Å²) in [7, 11) is 0. The van der Waals surface area contributed by atoms with Crippen LogP contribution in [-0.4, -0.2) is 13.7 Å². The second-order valence-electron chi connectivity index (χ2n) is 15.4. The average molecular weight is 690 g/mol. The number of para-hydroxylation sites is 2. The van der Waals surface area contributed by atoms with E-state index in [1.54, 1.807) is 0 Å². The topological polar surface area (TPSA) is 14.8 Å². The Hall–Kier alpha value is -6.84. The van der Waals surface area contributed by atoms with Crippen molar-refractivity contribution in [3.05, 3.63) is 187 Å². The maximum Gasteiger partial charge on any atom is 0.0562 e. The fourth-order valence-corrected chi connectivity index (χ4v) is 9.85. The lowest BCUT2D eigenvalue weighted by atomic mass is 9.81. The predicted molar refractivity (Wildman–Crippen MR) is 227 cm³/mol. The summed E-state index contributed by atoms with van der Waals surface area (Å²) in [5.74, 6) is 0. The lowest BCUT2D eigenvalue weighted by molar-refractivity contribution is 0.663. The number of hydrogen-bond donors (Lipinski definition) is 0. The molecule has 254 valence electrons. The molecular formula is C51H35N3. The van der Waals surface area contributed by atoms with Gasteiger partial charge in [-0.25, -0.2) is 0 Å². The van der Waals surface area contributed by atoms with Gasteiger partial charge >= 0.3 is 0 Å². The van der Waals surface area contributed by atoms with E-state index in [1.807, 2.05) is 0 Å². The van der Waals surface area contributed by atoms with Gasteiger partial charge in [0, 0.05) is 49.4 Å². The van der Waals surface area contributed by atoms with E-state index in [0.717, 1.165) is 5.69 Å². The molecule has 8 aromatic carbocycles. The smallest absolute Gasteiger partial charge is 0.0562 e. The zero-order valence-corrected chi connectivity index (χ0v) is 30.1. The molecule has 0 saturated heterocycles. The minimum atomic E-state index is -0.134. The van der Waals surface area contributed by atoms with Crippen molar-refractivity contribution in [1.29, 1.82) is 0 Å². The van der Waals surface area contributed by atoms with Gasteiger partial charge in [0.05, 0.1) is 33.1 Å². The summed E-state index contributed by atoms with van der Waals surface area (Å²) in [6.45, 7) is 4.79. The van der Waals surface area contributed by atoms with Crippen molar-refractivity contribution in [2.24, 2.45) is 0 Å². The van der Waals surface area contributed by atoms with Crippen LogP contribution in [0.15, 0.2) is 176 Å². The molecule has 12 rings (SSSR count). The van der Waals surface area contributed by atoms with Crippen LogP contribution in [0.5, 0.6) is 0 Å². The molecule has 54 heavy (non-hydrogen) atoms. The summed E-state index contributed by atoms with van der Waals surface area (Å²) in [6, 6.07) is 64.9. The normalized spacial score (nSPS) is 13.5. The van der Waals surface area contributed by atoms with Crippen LogP contribution in [0.4, 0.5) is 0 Å². The second-order valence-corrected chi connectivity index (χ2v) is 15.4. The third-order valence-electron chi connectivity index (χ3n) is 12.2. The Morgan fingerprint density at radius 2 is 0.833 bits per heavy atom. The molecule has 0 aliphatic heterocycles. The van der Waals surface area contributed by atoms with Gasteiger partial charge < -0.3 is 13.7 Å². The number of fused-ring (bicyclic) bond motifs is 3. The van der Waals surface area contributed by atoms with Gasteiger partial charge in [-0.3, -0.25) is 0 Å². The van der Waals surface area contributed by atoms with Crippen molar-refractivity contribution >= 4 is 65.4 Å². The first kappa shape index (κ1) is 29.7. The molecule has 1 aliphatic rings. The van der Waals surface area contributed by atoms with E-state index in [9.17, 15) is 0 Å². The van der Waals surface area contributed by atoms with E-state index in [2.05, 4.69) is 203 Å². The molecule has 0 N–H and O–H groups in total. The van der Waals surface area contributed by atoms with Gasteiger partial charge in [0.2, 0.25) is 0 Å². The van der Waals surface area contributed by atoms with Gasteiger partial charge in [-0.1, -0.05) is 117 Å². The summed E-state index contributed by atoms with van der Waals surface area (Å²) >= 11 is 0. The van der Waals surface area contributed by atoms with E-state index in [0.29, 0.717) is 0 Å². The van der Waals surface area contributed by atoms with Crippen molar-refractivity contribution in [3.63, 3.8) is 0 Å². The Morgan fingerprint density at radius 1 is 0.315 bits per heavy atom. The largest absolute Gasteiger partial charge is 0.309 e. The summed E-state index contributed by atoms with van der Waals surface area (Å²) in [5, 5.41) is 7.87. The molecule has 0 fully saturated rings. The Labute approximate surface area is 312 Å². The van der Waals surface area contributed by atoms with Crippen molar-refractivity contribution in [2.75, 3.05) is 0 Å². The molecule has 3 nitrogen and oxygen atoms in total. The Bertz CT molecular complexity index is 3340. The molecule has 3 aromatic heterocycles. The summed E-state index contributed by atoms with van der Waals surface area (Å²) in [4.78, 5) is 0. The van der Waals surface area contributed by atoms with E-state index >= 15 is 0 Å². The Morgan fingerprint density at radius 3 is 1.63 bits per heavy atom. The zero-order valence-electron chi connectivity index (χ0n) is 30.1. The fourth-order valence-electron chi connectivity index (χ4n) is 9.85. The maximum absolute atomic E-state index is 2.53. The molecule has 1 aliphatic carbocycles. The van der Waals surface area contributed by atoms with E-state index < -0.39 is 0 Å². The highest BCUT2D eigenvalue weighted by atomic mass is 15.0. The monoisotopic (exact) mass is 689 g/mol. The second kappa shape index (κ2) is 10.6. The van der Waals surface area contributed by atoms with Gasteiger partial charge in [-0.05, 0) is 100 Å². The zero-order chi connectivity index (χ0) is 35.7. The first-order valence-corrected chi connectivity index (χ1v) is 18.9. The molecule has 0 unspecified atom stereocenters. The van der Waals surface area contributed by atoms with Crippen LogP contribution in [0, 0.1) is 0 Å². The number of nitrogens with zero attached hydrogens (tertiary/aromatic N) is 3. The van der Waals surface area contributed by atoms with Gasteiger partial charge in [0.1, 0.15) is 0 Å². The lowest BCUT2D eigenvalue weighted by Crippen LogP contribution is -2.15. The van der Waals surface area contributed by atoms with Gasteiger partial charge in [0.25, 0.3) is 0 Å². The summed E-state index contributed by atoms with van der Waals surface area (Å²) in [6.07, 6.45) is 0. The minimum Gasteiger partial charge on any atom is -0.309 e. The average Bonchev–Trinajstić information content (AvgIpc) is 3.78. The van der Waals surface area contributed by atoms with Crippen LogP contribution in [0.25, 0.3) is 93.6 Å². The van der Waals surface area contributed by atoms with Gasteiger partial charge in [-0.2, -0.15) is 0 Å². The third-order valence-corrected chi connectivity index (χ3v) is 12.2. The summed E-state index contributed by atoms with van der Waals surface area (Å²) < 4.78 is 7.44. The van der Waals surface area contributed by atoms with Crippen LogP contribution in [0.2, 0.25) is 0 Å². The highest BCUT2D eigenvalue weighted by Crippen LogP contribution is 2.53. The molecule has 0 atom stereocenters. The first-order chi connectivity index (χ1) is 26.6. The molecule has 0 radical (unpaired) electrons. The third kappa shape index (κ3) is 3.80. The minimum absolute atomic E-state index is 0.134. The molecule has 3 heterocycles. The molecular weight excluding hydrogens is 655 g/mol. The number of rotatable bonds is 4. The molecule has 3 heteroatoms. The van der Waals surface area contributed by atoms with Gasteiger partial charge in [-0.15, -0.1) is 0 Å². The number of hydrogen-bond acceptors (Lipinski definition) is 0. The standard InChI is InChI=1S/C51H35N3/c1-51(2)39-21-12-23-43-47(39)48-40(51)27-29-46-50(48)49-44(53(43)35-19-11-16-33(30-35)32-14-5-3-6-15-32)24-13-25-45(49)54(46)36-26-28-42-38(31-36)37-20-9-10-22-41(37)52(42)34-17-7-4-8-18-34/h3-31H,1-2H3. The lowest BCUT2D eigenvalue weighted by Gasteiger charge is -2.22. The van der Waals surface area contributed by atoms with Crippen molar-refractivity contribution < 1.29 is 0 Å². The molecule has 0 bridgehead atoms. The Balaban J connectivity index is 1.23. The molecule has 0 amide bonds. The van der Waals surface area contributed by atoms with Crippen molar-refractivity contribution in [3.8, 4) is 28.2 Å². The number of aromatic nitrogens is 3. The predicted octanol–water partition coefficient (Wildman–Crippen LogP) is 13.3. The van der Waals surface area contributed by atoms with Crippen molar-refractivity contribution in [2.45, 2.75) is 19.3 Å². The molecule has 0 saturated carbocycles. The van der Waals surface area contributed by atoms with Gasteiger partial charge in [0.15, 0.2) is 0 Å². The first-order valence-electron chi connectivity index (χ1n) is 18.9. The quantitative estimate of drug-likeness (QED) is 0.175. The van der Waals surface area contributed by atoms with Crippen LogP contribution in [0.1, 0.15) is 25.0 Å². The van der Waals surface area contributed by atoms with E-state index in [4.69, 9.17) is 0 Å². The molecule has 0 spiro atoms. The maximum atomic E-state index is 2.53. The van der Waals surface area contributed by atoms with Crippen LogP contribution < -0.4 is 0 Å². The Kier molecular flexibility index (Phi) is 5.84. The highest BCUT2D eigenvalue weighted by molar-refractivity contribution is 6.30. The van der Waals surface area contributed by atoms with Crippen LogP contribution in [-0.2, 0) is 5.41 Å². The fraction of sp³-hybridized carbons (Fsp3) is 0.0588. The SMILES string of the molecule is CC1(C)c2ccc3c4c2c2c1cccc2n(-c1cccc(-c2ccccc2)c1)c1cccc(c41)n3-c1ccc2c(c1)c1ccccc1n2-c1ccccc1. The number of benzene rings is 8. The van der Waals surface area contributed by atoms with E-state index in [-0.39, 0.29) is 5.41 Å².